The van der Waals surface area contributed by atoms with E-state index in [9.17, 15) is 13.0 Å². The van der Waals surface area contributed by atoms with E-state index in [1.54, 1.807) is 23.1 Å². The molecular formula is C18H15F2N3O2S. The first-order valence-electron chi connectivity index (χ1n) is 7.80. The summed E-state index contributed by atoms with van der Waals surface area (Å²) in [6.45, 7) is -2.86. The van der Waals surface area contributed by atoms with Gasteiger partial charge in [-0.3, -0.25) is 13.5 Å². The van der Waals surface area contributed by atoms with Crippen molar-refractivity contribution in [2.75, 3.05) is 6.26 Å². The lowest BCUT2D eigenvalue weighted by Crippen LogP contribution is -2.02. The van der Waals surface area contributed by atoms with E-state index in [4.69, 9.17) is 0 Å². The smallest absolute Gasteiger partial charge is 0.387 e. The molecule has 1 atom stereocenters. The van der Waals surface area contributed by atoms with Crippen molar-refractivity contribution in [3.05, 3.63) is 48.7 Å². The van der Waals surface area contributed by atoms with Crippen molar-refractivity contribution in [3.8, 4) is 11.4 Å². The van der Waals surface area contributed by atoms with Crippen LogP contribution in [0.2, 0.25) is 0 Å². The number of hydrogen-bond acceptors (Lipinski definition) is 3. The molecule has 0 aliphatic rings. The lowest BCUT2D eigenvalue weighted by Gasteiger charge is -2.09. The minimum Gasteiger partial charge on any atom is -0.435 e. The monoisotopic (exact) mass is 375 g/mol. The average Bonchev–Trinajstić information content (AvgIpc) is 3.09. The fourth-order valence-electron chi connectivity index (χ4n) is 3.09. The molecule has 0 saturated heterocycles. The van der Waals surface area contributed by atoms with Crippen LogP contribution in [-0.4, -0.2) is 31.4 Å². The third-order valence-electron chi connectivity index (χ3n) is 4.17. The highest BCUT2D eigenvalue weighted by atomic mass is 32.2. The number of alkyl halides is 2. The van der Waals surface area contributed by atoms with Crippen LogP contribution in [0.4, 0.5) is 8.78 Å². The van der Waals surface area contributed by atoms with Crippen LogP contribution in [0.5, 0.6) is 5.75 Å². The molecule has 134 valence electrons. The molecule has 8 heteroatoms. The standard InChI is InChI=1S/C18H15F2N3O2S/c1-22-10-15-14-9-13(26(2)24)7-8-16(14)23(17(15)21-22)11-3-5-12(6-4-11)25-18(19)20/h3-10,18H,1-2H3. The van der Waals surface area contributed by atoms with E-state index in [1.165, 1.54) is 12.1 Å². The van der Waals surface area contributed by atoms with Crippen molar-refractivity contribution in [1.29, 1.82) is 0 Å². The highest BCUT2D eigenvalue weighted by Crippen LogP contribution is 2.33. The topological polar surface area (TPSA) is 49.0 Å². The Labute approximate surface area is 150 Å². The molecule has 2 aromatic carbocycles. The molecule has 1 unspecified atom stereocenters. The van der Waals surface area contributed by atoms with Crippen LogP contribution >= 0.6 is 0 Å². The second-order valence-electron chi connectivity index (χ2n) is 5.88. The molecule has 0 bridgehead atoms. The Hall–Kier alpha value is -2.74. The van der Waals surface area contributed by atoms with Gasteiger partial charge in [0.1, 0.15) is 5.75 Å². The highest BCUT2D eigenvalue weighted by molar-refractivity contribution is 7.84. The maximum Gasteiger partial charge on any atom is 0.387 e. The van der Waals surface area contributed by atoms with E-state index in [0.717, 1.165) is 32.5 Å². The number of ether oxygens (including phenoxy) is 1. The molecule has 0 aliphatic carbocycles. The molecule has 2 aromatic heterocycles. The van der Waals surface area contributed by atoms with E-state index in [1.807, 2.05) is 36.0 Å². The third-order valence-corrected chi connectivity index (χ3v) is 5.09. The fraction of sp³-hybridized carbons (Fsp3) is 0.167. The minimum absolute atomic E-state index is 0.0983. The van der Waals surface area contributed by atoms with Crippen molar-refractivity contribution in [2.45, 2.75) is 11.5 Å². The molecule has 2 heterocycles. The van der Waals surface area contributed by atoms with Gasteiger partial charge in [0.25, 0.3) is 0 Å². The summed E-state index contributed by atoms with van der Waals surface area (Å²) >= 11 is 0. The predicted molar refractivity (Wildman–Crippen MR) is 96.5 cm³/mol. The van der Waals surface area contributed by atoms with Crippen molar-refractivity contribution in [1.82, 2.24) is 14.3 Å². The highest BCUT2D eigenvalue weighted by Gasteiger charge is 2.16. The van der Waals surface area contributed by atoms with Crippen LogP contribution in [0, 0.1) is 0 Å². The summed E-state index contributed by atoms with van der Waals surface area (Å²) in [5.41, 5.74) is 2.42. The van der Waals surface area contributed by atoms with E-state index < -0.39 is 17.4 Å². The zero-order chi connectivity index (χ0) is 18.4. The van der Waals surface area contributed by atoms with Gasteiger partial charge in [-0.1, -0.05) is 0 Å². The molecule has 0 N–H and O–H groups in total. The van der Waals surface area contributed by atoms with Gasteiger partial charge >= 0.3 is 6.61 Å². The van der Waals surface area contributed by atoms with Gasteiger partial charge in [-0.2, -0.15) is 13.9 Å². The summed E-state index contributed by atoms with van der Waals surface area (Å²) < 4.78 is 44.6. The van der Waals surface area contributed by atoms with E-state index in [-0.39, 0.29) is 5.75 Å². The summed E-state index contributed by atoms with van der Waals surface area (Å²) in [6.07, 6.45) is 3.55. The van der Waals surface area contributed by atoms with Crippen LogP contribution in [0.25, 0.3) is 27.6 Å². The number of fused-ring (bicyclic) bond motifs is 3. The quantitative estimate of drug-likeness (QED) is 0.544. The molecule has 0 aliphatic heterocycles. The summed E-state index contributed by atoms with van der Waals surface area (Å²) in [6, 6.07) is 12.0. The van der Waals surface area contributed by atoms with E-state index >= 15 is 0 Å². The summed E-state index contributed by atoms with van der Waals surface area (Å²) in [7, 11) is 0.742. The predicted octanol–water partition coefficient (Wildman–Crippen LogP) is 3.86. The zero-order valence-electron chi connectivity index (χ0n) is 14.0. The molecule has 4 rings (SSSR count). The van der Waals surface area contributed by atoms with Crippen molar-refractivity contribution < 1.29 is 17.7 Å². The molecule has 0 spiro atoms. The molecule has 26 heavy (non-hydrogen) atoms. The molecule has 0 fully saturated rings. The summed E-state index contributed by atoms with van der Waals surface area (Å²) in [5, 5.41) is 6.40. The Morgan fingerprint density at radius 3 is 2.50 bits per heavy atom. The van der Waals surface area contributed by atoms with Crippen LogP contribution in [-0.2, 0) is 17.8 Å². The van der Waals surface area contributed by atoms with Gasteiger partial charge in [-0.15, -0.1) is 0 Å². The number of nitrogens with zero attached hydrogens (tertiary/aromatic N) is 3. The largest absolute Gasteiger partial charge is 0.435 e. The van der Waals surface area contributed by atoms with Crippen molar-refractivity contribution >= 4 is 32.7 Å². The number of rotatable bonds is 4. The van der Waals surface area contributed by atoms with Gasteiger partial charge in [0, 0.05) is 51.7 Å². The normalized spacial score (nSPS) is 13.0. The molecule has 0 saturated carbocycles. The lowest BCUT2D eigenvalue weighted by molar-refractivity contribution is -0.0498. The van der Waals surface area contributed by atoms with Gasteiger partial charge in [-0.25, -0.2) is 0 Å². The Morgan fingerprint density at radius 1 is 1.12 bits per heavy atom. The lowest BCUT2D eigenvalue weighted by atomic mass is 10.2. The average molecular weight is 375 g/mol. The molecule has 4 aromatic rings. The summed E-state index contributed by atoms with van der Waals surface area (Å²) in [4.78, 5) is 0.737. The van der Waals surface area contributed by atoms with Gasteiger partial charge < -0.3 is 4.74 Å². The SMILES string of the molecule is Cn1cc2c3cc(S(C)=O)ccc3n(-c3ccc(OC(F)F)cc3)c2n1. The Balaban J connectivity index is 1.94. The number of halogens is 2. The summed E-state index contributed by atoms with van der Waals surface area (Å²) in [5.74, 6) is 0.0983. The Kier molecular flexibility index (Phi) is 3.99. The second kappa shape index (κ2) is 6.21. The fourth-order valence-corrected chi connectivity index (χ4v) is 3.63. The van der Waals surface area contributed by atoms with Gasteiger partial charge in [0.2, 0.25) is 0 Å². The first-order chi connectivity index (χ1) is 12.4. The van der Waals surface area contributed by atoms with Gasteiger partial charge in [0.15, 0.2) is 5.65 Å². The zero-order valence-corrected chi connectivity index (χ0v) is 14.8. The van der Waals surface area contributed by atoms with E-state index in [0.29, 0.717) is 0 Å². The first kappa shape index (κ1) is 16.7. The van der Waals surface area contributed by atoms with Gasteiger partial charge in [0.05, 0.1) is 5.52 Å². The van der Waals surface area contributed by atoms with Crippen LogP contribution < -0.4 is 4.74 Å². The van der Waals surface area contributed by atoms with Gasteiger partial charge in [-0.05, 0) is 42.5 Å². The second-order valence-corrected chi connectivity index (χ2v) is 7.26. The number of aromatic nitrogens is 3. The Bertz CT molecular complexity index is 1130. The van der Waals surface area contributed by atoms with Crippen LogP contribution in [0.15, 0.2) is 53.6 Å². The molecule has 0 radical (unpaired) electrons. The molecule has 0 amide bonds. The minimum atomic E-state index is -2.86. The maximum absolute atomic E-state index is 12.4. The van der Waals surface area contributed by atoms with Crippen LogP contribution in [0.1, 0.15) is 0 Å². The Morgan fingerprint density at radius 2 is 1.85 bits per heavy atom. The third kappa shape index (κ3) is 2.76. The molecular weight excluding hydrogens is 360 g/mol. The first-order valence-corrected chi connectivity index (χ1v) is 9.36. The van der Waals surface area contributed by atoms with Crippen LogP contribution in [0.3, 0.4) is 0 Å². The number of hydrogen-bond donors (Lipinski definition) is 0. The maximum atomic E-state index is 12.4. The number of benzene rings is 2. The van der Waals surface area contributed by atoms with Crippen molar-refractivity contribution in [2.24, 2.45) is 7.05 Å². The van der Waals surface area contributed by atoms with E-state index in [2.05, 4.69) is 9.84 Å². The number of aryl methyl sites for hydroxylation is 1. The van der Waals surface area contributed by atoms with Crippen molar-refractivity contribution in [3.63, 3.8) is 0 Å². The molecule has 5 nitrogen and oxygen atoms in total.